The third-order valence-electron chi connectivity index (χ3n) is 3.59. The quantitative estimate of drug-likeness (QED) is 0.836. The Bertz CT molecular complexity index is 578. The Morgan fingerprint density at radius 3 is 2.67 bits per heavy atom. The van der Waals surface area contributed by atoms with E-state index in [-0.39, 0.29) is 6.61 Å². The molecule has 3 rings (SSSR count). The maximum Gasteiger partial charge on any atom is 0.247 e. The number of benzene rings is 1. The van der Waals surface area contributed by atoms with Gasteiger partial charge in [-0.3, -0.25) is 4.90 Å². The van der Waals surface area contributed by atoms with Gasteiger partial charge in [-0.15, -0.1) is 10.2 Å². The lowest BCUT2D eigenvalue weighted by Crippen LogP contribution is -2.28. The van der Waals surface area contributed by atoms with Crippen LogP contribution in [0.4, 0.5) is 0 Å². The molecule has 0 atom stereocenters. The van der Waals surface area contributed by atoms with Gasteiger partial charge >= 0.3 is 0 Å². The topological polar surface area (TPSA) is 71.6 Å². The van der Waals surface area contributed by atoms with Crippen LogP contribution >= 0.6 is 0 Å². The number of nitrogens with zero attached hydrogens (tertiary/aromatic N) is 3. The second-order valence-corrected chi connectivity index (χ2v) is 5.15. The fraction of sp³-hybridized carbons (Fsp3) is 0.467. The van der Waals surface area contributed by atoms with Gasteiger partial charge in [0, 0.05) is 18.2 Å². The normalized spacial score (nSPS) is 14.6. The predicted molar refractivity (Wildman–Crippen MR) is 76.8 cm³/mol. The lowest BCUT2D eigenvalue weighted by atomic mass is 10.2. The van der Waals surface area contributed by atoms with Gasteiger partial charge in [0.25, 0.3) is 0 Å². The van der Waals surface area contributed by atoms with E-state index in [1.165, 1.54) is 12.8 Å². The van der Waals surface area contributed by atoms with Gasteiger partial charge in [0.1, 0.15) is 5.75 Å². The number of hydrogen-bond donors (Lipinski definition) is 1. The number of aliphatic hydroxyl groups is 1. The highest BCUT2D eigenvalue weighted by Gasteiger charge is 2.29. The molecule has 6 heteroatoms. The molecule has 0 bridgehead atoms. The molecule has 0 unspecified atom stereocenters. The first-order valence-electron chi connectivity index (χ1n) is 7.12. The zero-order valence-electron chi connectivity index (χ0n) is 12.0. The molecule has 1 fully saturated rings. The number of ether oxygens (including phenoxy) is 1. The van der Waals surface area contributed by atoms with E-state index >= 15 is 0 Å². The summed E-state index contributed by atoms with van der Waals surface area (Å²) in [4.78, 5) is 2.19. The molecule has 1 N–H and O–H groups in total. The molecule has 0 aliphatic heterocycles. The maximum atomic E-state index is 9.10. The van der Waals surface area contributed by atoms with Gasteiger partial charge in [0.2, 0.25) is 11.8 Å². The van der Waals surface area contributed by atoms with E-state index < -0.39 is 0 Å². The molecule has 1 aromatic heterocycles. The highest BCUT2D eigenvalue weighted by atomic mass is 16.5. The van der Waals surface area contributed by atoms with E-state index in [1.54, 1.807) is 7.11 Å². The van der Waals surface area contributed by atoms with Crippen molar-refractivity contribution < 1.29 is 14.3 Å². The number of rotatable bonds is 7. The van der Waals surface area contributed by atoms with Gasteiger partial charge in [-0.2, -0.15) is 0 Å². The van der Waals surface area contributed by atoms with E-state index in [2.05, 4.69) is 15.1 Å². The number of hydrogen-bond acceptors (Lipinski definition) is 6. The van der Waals surface area contributed by atoms with Crippen molar-refractivity contribution in [3.05, 3.63) is 30.2 Å². The second kappa shape index (κ2) is 6.24. The van der Waals surface area contributed by atoms with Gasteiger partial charge < -0.3 is 14.3 Å². The van der Waals surface area contributed by atoms with Crippen molar-refractivity contribution in [2.45, 2.75) is 25.4 Å². The van der Waals surface area contributed by atoms with Crippen molar-refractivity contribution >= 4 is 0 Å². The molecule has 0 amide bonds. The Balaban J connectivity index is 1.69. The predicted octanol–water partition coefficient (Wildman–Crippen LogP) is 1.70. The molecule has 1 aliphatic rings. The van der Waals surface area contributed by atoms with Gasteiger partial charge in [-0.05, 0) is 37.1 Å². The molecule has 1 aromatic carbocycles. The van der Waals surface area contributed by atoms with Crippen LogP contribution in [0.5, 0.6) is 5.75 Å². The van der Waals surface area contributed by atoms with Crippen molar-refractivity contribution in [2.75, 3.05) is 20.3 Å². The average Bonchev–Trinajstić information content (AvgIpc) is 3.27. The van der Waals surface area contributed by atoms with Crippen LogP contribution in [0.3, 0.4) is 0 Å². The van der Waals surface area contributed by atoms with E-state index in [1.807, 2.05) is 24.3 Å². The van der Waals surface area contributed by atoms with Crippen molar-refractivity contribution in [3.63, 3.8) is 0 Å². The van der Waals surface area contributed by atoms with Crippen LogP contribution in [0.2, 0.25) is 0 Å². The summed E-state index contributed by atoms with van der Waals surface area (Å²) in [6.07, 6.45) is 2.36. The first-order chi connectivity index (χ1) is 10.3. The minimum Gasteiger partial charge on any atom is -0.497 e. The minimum absolute atomic E-state index is 0.149. The highest BCUT2D eigenvalue weighted by molar-refractivity contribution is 5.53. The first kappa shape index (κ1) is 14.0. The summed E-state index contributed by atoms with van der Waals surface area (Å²) >= 11 is 0. The number of aliphatic hydroxyl groups excluding tert-OH is 1. The van der Waals surface area contributed by atoms with Gasteiger partial charge in [-0.1, -0.05) is 0 Å². The van der Waals surface area contributed by atoms with E-state index in [0.29, 0.717) is 30.9 Å². The summed E-state index contributed by atoms with van der Waals surface area (Å²) in [7, 11) is 1.63. The van der Waals surface area contributed by atoms with Crippen molar-refractivity contribution in [1.82, 2.24) is 15.1 Å². The molecule has 1 aliphatic carbocycles. The molecule has 0 radical (unpaired) electrons. The van der Waals surface area contributed by atoms with Crippen molar-refractivity contribution in [2.24, 2.45) is 0 Å². The number of aromatic nitrogens is 2. The third kappa shape index (κ3) is 3.40. The molecule has 2 aromatic rings. The zero-order chi connectivity index (χ0) is 14.7. The van der Waals surface area contributed by atoms with Crippen molar-refractivity contribution in [3.8, 4) is 17.2 Å². The van der Waals surface area contributed by atoms with Gasteiger partial charge in [-0.25, -0.2) is 0 Å². The second-order valence-electron chi connectivity index (χ2n) is 5.15. The van der Waals surface area contributed by atoms with Crippen LogP contribution < -0.4 is 4.74 Å². The van der Waals surface area contributed by atoms with Crippen LogP contribution in [0.1, 0.15) is 18.7 Å². The largest absolute Gasteiger partial charge is 0.497 e. The molecule has 1 saturated carbocycles. The Labute approximate surface area is 123 Å². The monoisotopic (exact) mass is 289 g/mol. The van der Waals surface area contributed by atoms with Crippen molar-refractivity contribution in [1.29, 1.82) is 0 Å². The van der Waals surface area contributed by atoms with E-state index in [9.17, 15) is 0 Å². The van der Waals surface area contributed by atoms with Crippen LogP contribution in [0, 0.1) is 0 Å². The van der Waals surface area contributed by atoms with E-state index in [4.69, 9.17) is 14.3 Å². The van der Waals surface area contributed by atoms with Crippen LogP contribution in [-0.2, 0) is 6.54 Å². The summed E-state index contributed by atoms with van der Waals surface area (Å²) in [5.74, 6) is 1.88. The Morgan fingerprint density at radius 1 is 1.29 bits per heavy atom. The molecule has 0 saturated heterocycles. The Morgan fingerprint density at radius 2 is 2.05 bits per heavy atom. The molecular formula is C15H19N3O3. The molecule has 112 valence electrons. The van der Waals surface area contributed by atoms with Gasteiger partial charge in [0.15, 0.2) is 0 Å². The minimum atomic E-state index is 0.149. The Kier molecular flexibility index (Phi) is 4.17. The smallest absolute Gasteiger partial charge is 0.247 e. The fourth-order valence-corrected chi connectivity index (χ4v) is 2.30. The lowest BCUT2D eigenvalue weighted by Gasteiger charge is -2.17. The third-order valence-corrected chi connectivity index (χ3v) is 3.59. The SMILES string of the molecule is COc1ccc(-c2nnc(CN(CCO)C3CC3)o2)cc1. The Hall–Kier alpha value is -1.92. The maximum absolute atomic E-state index is 9.10. The summed E-state index contributed by atoms with van der Waals surface area (Å²) in [5.41, 5.74) is 0.870. The van der Waals surface area contributed by atoms with Gasteiger partial charge in [0.05, 0.1) is 20.3 Å². The summed E-state index contributed by atoms with van der Waals surface area (Å²) in [6.45, 7) is 1.38. The summed E-state index contributed by atoms with van der Waals surface area (Å²) < 4.78 is 10.8. The fourth-order valence-electron chi connectivity index (χ4n) is 2.30. The molecule has 0 spiro atoms. The first-order valence-corrected chi connectivity index (χ1v) is 7.12. The van der Waals surface area contributed by atoms with Crippen LogP contribution in [0.15, 0.2) is 28.7 Å². The molecule has 21 heavy (non-hydrogen) atoms. The molecule has 6 nitrogen and oxygen atoms in total. The molecule has 1 heterocycles. The lowest BCUT2D eigenvalue weighted by molar-refractivity contribution is 0.172. The van der Waals surface area contributed by atoms with Crippen LogP contribution in [0.25, 0.3) is 11.5 Å². The zero-order valence-corrected chi connectivity index (χ0v) is 12.0. The van der Waals surface area contributed by atoms with Crippen LogP contribution in [-0.4, -0.2) is 46.5 Å². The average molecular weight is 289 g/mol. The van der Waals surface area contributed by atoms with E-state index in [0.717, 1.165) is 11.3 Å². The highest BCUT2D eigenvalue weighted by Crippen LogP contribution is 2.28. The standard InChI is InChI=1S/C15H19N3O3/c1-20-13-6-2-11(3-7-13)15-17-16-14(21-15)10-18(8-9-19)12-4-5-12/h2-3,6-7,12,19H,4-5,8-10H2,1H3. The summed E-state index contributed by atoms with van der Waals surface area (Å²) in [5, 5.41) is 17.3. The summed E-state index contributed by atoms with van der Waals surface area (Å²) in [6, 6.07) is 8.06. The number of methoxy groups -OCH3 is 1. The molecular weight excluding hydrogens is 270 g/mol.